The van der Waals surface area contributed by atoms with Crippen molar-refractivity contribution in [1.82, 2.24) is 9.47 Å². The first-order valence-electron chi connectivity index (χ1n) is 7.76. The second-order valence-corrected chi connectivity index (χ2v) is 5.40. The number of methoxy groups -OCH3 is 1. The van der Waals surface area contributed by atoms with Crippen molar-refractivity contribution in [1.29, 1.82) is 0 Å². The van der Waals surface area contributed by atoms with Gasteiger partial charge in [-0.25, -0.2) is 4.39 Å². The number of pyridine rings is 1. The lowest BCUT2D eigenvalue weighted by Gasteiger charge is -2.21. The largest absolute Gasteiger partial charge is 0.383 e. The van der Waals surface area contributed by atoms with Crippen molar-refractivity contribution < 1.29 is 13.9 Å². The van der Waals surface area contributed by atoms with Crippen molar-refractivity contribution in [3.63, 3.8) is 0 Å². The van der Waals surface area contributed by atoms with Gasteiger partial charge in [0.15, 0.2) is 0 Å². The van der Waals surface area contributed by atoms with E-state index in [0.29, 0.717) is 30.9 Å². The first-order valence-corrected chi connectivity index (χ1v) is 7.76. The van der Waals surface area contributed by atoms with Gasteiger partial charge in [-0.1, -0.05) is 0 Å². The van der Waals surface area contributed by atoms with Gasteiger partial charge in [-0.15, -0.1) is 0 Å². The van der Waals surface area contributed by atoms with Crippen LogP contribution in [0.15, 0.2) is 41.3 Å². The Labute approximate surface area is 140 Å². The van der Waals surface area contributed by atoms with Crippen LogP contribution in [0.4, 0.5) is 4.39 Å². The molecular formula is C18H21FN2O3. The van der Waals surface area contributed by atoms with Crippen LogP contribution in [0.3, 0.4) is 0 Å². The van der Waals surface area contributed by atoms with Gasteiger partial charge in [0.2, 0.25) is 0 Å². The zero-order chi connectivity index (χ0) is 17.7. The molecule has 0 fully saturated rings. The molecule has 0 spiro atoms. The summed E-state index contributed by atoms with van der Waals surface area (Å²) in [6, 6.07) is 7.27. The van der Waals surface area contributed by atoms with E-state index in [0.717, 1.165) is 0 Å². The fourth-order valence-electron chi connectivity index (χ4n) is 2.45. The molecular weight excluding hydrogens is 311 g/mol. The lowest BCUT2D eigenvalue weighted by Crippen LogP contribution is -2.38. The van der Waals surface area contributed by atoms with Gasteiger partial charge in [0, 0.05) is 32.1 Å². The molecule has 0 atom stereocenters. The molecule has 0 saturated heterocycles. The maximum Gasteiger partial charge on any atom is 0.268 e. The number of amides is 1. The summed E-state index contributed by atoms with van der Waals surface area (Å²) >= 11 is 0. The second kappa shape index (κ2) is 7.88. The van der Waals surface area contributed by atoms with Crippen molar-refractivity contribution in [3.8, 4) is 5.69 Å². The minimum atomic E-state index is -0.414. The van der Waals surface area contributed by atoms with Gasteiger partial charge < -0.3 is 9.64 Å². The van der Waals surface area contributed by atoms with Crippen LogP contribution in [0.25, 0.3) is 5.69 Å². The van der Waals surface area contributed by atoms with E-state index in [2.05, 4.69) is 0 Å². The number of aryl methyl sites for hydroxylation is 1. The Hall–Kier alpha value is -2.47. The van der Waals surface area contributed by atoms with E-state index >= 15 is 0 Å². The highest BCUT2D eigenvalue weighted by Gasteiger charge is 2.21. The lowest BCUT2D eigenvalue weighted by molar-refractivity contribution is 0.0703. The number of likely N-dealkylation sites (N-methyl/N-ethyl adjacent to an activating group) is 1. The highest BCUT2D eigenvalue weighted by molar-refractivity contribution is 5.95. The van der Waals surface area contributed by atoms with Crippen LogP contribution >= 0.6 is 0 Å². The molecule has 0 saturated carbocycles. The van der Waals surface area contributed by atoms with Crippen LogP contribution in [0.5, 0.6) is 0 Å². The number of hydrogen-bond acceptors (Lipinski definition) is 3. The smallest absolute Gasteiger partial charge is 0.268 e. The molecule has 0 radical (unpaired) electrons. The fraction of sp³-hybridized carbons (Fsp3) is 0.333. The predicted molar refractivity (Wildman–Crippen MR) is 90.2 cm³/mol. The van der Waals surface area contributed by atoms with Crippen molar-refractivity contribution in [2.24, 2.45) is 0 Å². The highest BCUT2D eigenvalue weighted by Crippen LogP contribution is 2.11. The number of benzene rings is 1. The van der Waals surface area contributed by atoms with Gasteiger partial charge in [0.1, 0.15) is 11.4 Å². The van der Waals surface area contributed by atoms with Crippen molar-refractivity contribution in [3.05, 3.63) is 63.8 Å². The maximum absolute atomic E-state index is 13.1. The molecule has 2 rings (SSSR count). The van der Waals surface area contributed by atoms with E-state index in [9.17, 15) is 14.0 Å². The number of carbonyl (C=O) groups excluding carboxylic acids is 1. The van der Waals surface area contributed by atoms with Crippen LogP contribution in [0.2, 0.25) is 0 Å². The lowest BCUT2D eigenvalue weighted by atomic mass is 10.1. The summed E-state index contributed by atoms with van der Waals surface area (Å²) in [6.45, 7) is 4.87. The van der Waals surface area contributed by atoms with Gasteiger partial charge in [0.25, 0.3) is 11.5 Å². The van der Waals surface area contributed by atoms with Crippen molar-refractivity contribution >= 4 is 5.91 Å². The third-order valence-electron chi connectivity index (χ3n) is 3.85. The molecule has 1 aromatic carbocycles. The van der Waals surface area contributed by atoms with Gasteiger partial charge >= 0.3 is 0 Å². The number of halogens is 1. The number of ether oxygens (including phenoxy) is 1. The van der Waals surface area contributed by atoms with E-state index in [1.165, 1.54) is 28.8 Å². The van der Waals surface area contributed by atoms with Crippen LogP contribution in [0.1, 0.15) is 22.8 Å². The van der Waals surface area contributed by atoms with Gasteiger partial charge in [-0.3, -0.25) is 14.2 Å². The Morgan fingerprint density at radius 3 is 2.50 bits per heavy atom. The molecule has 0 aliphatic carbocycles. The predicted octanol–water partition coefficient (Wildman–Crippen LogP) is 2.39. The Bertz CT molecular complexity index is 769. The minimum Gasteiger partial charge on any atom is -0.383 e. The molecule has 5 nitrogen and oxygen atoms in total. The van der Waals surface area contributed by atoms with E-state index in [4.69, 9.17) is 4.74 Å². The van der Waals surface area contributed by atoms with Gasteiger partial charge in [-0.05, 0) is 49.7 Å². The fourth-order valence-corrected chi connectivity index (χ4v) is 2.45. The molecule has 1 aromatic heterocycles. The van der Waals surface area contributed by atoms with E-state index < -0.39 is 5.56 Å². The average Bonchev–Trinajstić information content (AvgIpc) is 2.57. The molecule has 128 valence electrons. The molecule has 0 N–H and O–H groups in total. The van der Waals surface area contributed by atoms with Crippen molar-refractivity contribution in [2.75, 3.05) is 26.8 Å². The summed E-state index contributed by atoms with van der Waals surface area (Å²) < 4.78 is 19.4. The monoisotopic (exact) mass is 332 g/mol. The normalized spacial score (nSPS) is 10.7. The number of rotatable bonds is 6. The van der Waals surface area contributed by atoms with Crippen LogP contribution in [-0.4, -0.2) is 42.2 Å². The standard InChI is InChI=1S/C18H21FN2O3/c1-4-20(11-12-24-3)17(22)16-13(2)9-10-21(18(16)23)15-7-5-14(19)6-8-15/h5-10H,4,11-12H2,1-3H3. The summed E-state index contributed by atoms with van der Waals surface area (Å²) in [5.74, 6) is -0.708. The van der Waals surface area contributed by atoms with E-state index in [1.807, 2.05) is 6.92 Å². The number of nitrogens with zero attached hydrogens (tertiary/aromatic N) is 2. The zero-order valence-electron chi connectivity index (χ0n) is 14.1. The molecule has 24 heavy (non-hydrogen) atoms. The van der Waals surface area contributed by atoms with Crippen LogP contribution in [0, 0.1) is 12.7 Å². The highest BCUT2D eigenvalue weighted by atomic mass is 19.1. The number of aromatic nitrogens is 1. The molecule has 0 aliphatic heterocycles. The van der Waals surface area contributed by atoms with E-state index in [-0.39, 0.29) is 17.3 Å². The molecule has 2 aromatic rings. The molecule has 1 heterocycles. The summed E-state index contributed by atoms with van der Waals surface area (Å²) in [7, 11) is 1.56. The SMILES string of the molecule is CCN(CCOC)C(=O)c1c(C)ccn(-c2ccc(F)cc2)c1=O. The summed E-state index contributed by atoms with van der Waals surface area (Å²) in [4.78, 5) is 27.1. The molecule has 0 unspecified atom stereocenters. The quantitative estimate of drug-likeness (QED) is 0.816. The third-order valence-corrected chi connectivity index (χ3v) is 3.85. The topological polar surface area (TPSA) is 51.5 Å². The summed E-state index contributed by atoms with van der Waals surface area (Å²) in [5, 5.41) is 0. The number of carbonyl (C=O) groups is 1. The third kappa shape index (κ3) is 3.71. The Morgan fingerprint density at radius 1 is 1.25 bits per heavy atom. The Balaban J connectivity index is 2.47. The molecule has 6 heteroatoms. The Kier molecular flexibility index (Phi) is 5.87. The Morgan fingerprint density at radius 2 is 1.92 bits per heavy atom. The van der Waals surface area contributed by atoms with Gasteiger partial charge in [-0.2, -0.15) is 0 Å². The maximum atomic E-state index is 13.1. The number of hydrogen-bond donors (Lipinski definition) is 0. The van der Waals surface area contributed by atoms with Crippen LogP contribution < -0.4 is 5.56 Å². The average molecular weight is 332 g/mol. The molecule has 0 bridgehead atoms. The van der Waals surface area contributed by atoms with E-state index in [1.54, 1.807) is 31.2 Å². The molecule has 0 aliphatic rings. The summed E-state index contributed by atoms with van der Waals surface area (Å²) in [5.41, 5.74) is 0.830. The van der Waals surface area contributed by atoms with Gasteiger partial charge in [0.05, 0.1) is 6.61 Å². The first kappa shape index (κ1) is 17.9. The van der Waals surface area contributed by atoms with Crippen LogP contribution in [-0.2, 0) is 4.74 Å². The molecule has 1 amide bonds. The first-order chi connectivity index (χ1) is 11.5. The summed E-state index contributed by atoms with van der Waals surface area (Å²) in [6.07, 6.45) is 1.59. The minimum absolute atomic E-state index is 0.125. The second-order valence-electron chi connectivity index (χ2n) is 5.40. The zero-order valence-corrected chi connectivity index (χ0v) is 14.1. The van der Waals surface area contributed by atoms with Crippen molar-refractivity contribution in [2.45, 2.75) is 13.8 Å².